The van der Waals surface area contributed by atoms with Crippen LogP contribution in [0.25, 0.3) is 0 Å². The molecule has 116 valence electrons. The van der Waals surface area contributed by atoms with Gasteiger partial charge in [-0.05, 0) is 24.6 Å². The Morgan fingerprint density at radius 1 is 1.18 bits per heavy atom. The fourth-order valence-electron chi connectivity index (χ4n) is 3.15. The molecule has 0 bridgehead atoms. The van der Waals surface area contributed by atoms with Crippen molar-refractivity contribution < 1.29 is 13.2 Å². The Bertz CT molecular complexity index is 623. The van der Waals surface area contributed by atoms with Gasteiger partial charge in [-0.2, -0.15) is 18.4 Å². The van der Waals surface area contributed by atoms with Crippen molar-refractivity contribution in [1.82, 2.24) is 4.90 Å². The Balaban J connectivity index is 1.86. The monoisotopic (exact) mass is 307 g/mol. The third-order valence-corrected chi connectivity index (χ3v) is 4.30. The molecular formula is C16H16F3N3. The maximum absolute atomic E-state index is 13.2. The van der Waals surface area contributed by atoms with E-state index in [0.717, 1.165) is 25.6 Å². The van der Waals surface area contributed by atoms with Gasteiger partial charge in [-0.15, -0.1) is 0 Å². The van der Waals surface area contributed by atoms with Crippen LogP contribution in [0.2, 0.25) is 0 Å². The highest BCUT2D eigenvalue weighted by Gasteiger charge is 2.37. The van der Waals surface area contributed by atoms with Crippen LogP contribution in [-0.2, 0) is 6.18 Å². The molecule has 2 heterocycles. The summed E-state index contributed by atoms with van der Waals surface area (Å²) in [4.78, 5) is 4.02. The highest BCUT2D eigenvalue weighted by Crippen LogP contribution is 2.38. The lowest BCUT2D eigenvalue weighted by atomic mass is 10.1. The average molecular weight is 307 g/mol. The van der Waals surface area contributed by atoms with E-state index in [1.807, 2.05) is 6.07 Å². The van der Waals surface area contributed by atoms with Crippen LogP contribution in [0.5, 0.6) is 0 Å². The van der Waals surface area contributed by atoms with E-state index in [1.165, 1.54) is 12.1 Å². The number of nitrogens with zero attached hydrogens (tertiary/aromatic N) is 3. The number of halogens is 3. The Hall–Kier alpha value is -2.00. The molecule has 0 saturated carbocycles. The number of hydrogen-bond acceptors (Lipinski definition) is 3. The fraction of sp³-hybridized carbons (Fsp3) is 0.438. The Labute approximate surface area is 127 Å². The molecule has 0 radical (unpaired) electrons. The smallest absolute Gasteiger partial charge is 0.369 e. The molecule has 1 fully saturated rings. The zero-order valence-corrected chi connectivity index (χ0v) is 12.0. The van der Waals surface area contributed by atoms with Crippen molar-refractivity contribution >= 4 is 5.69 Å². The van der Waals surface area contributed by atoms with Crippen LogP contribution in [0.4, 0.5) is 18.9 Å². The first-order valence-electron chi connectivity index (χ1n) is 7.24. The second-order valence-electron chi connectivity index (χ2n) is 5.66. The largest absolute Gasteiger partial charge is 0.418 e. The normalized spacial score (nSPS) is 22.3. The highest BCUT2D eigenvalue weighted by molar-refractivity contribution is 5.59. The van der Waals surface area contributed by atoms with Crippen molar-refractivity contribution in [2.24, 2.45) is 0 Å². The molecule has 1 unspecified atom stereocenters. The first-order valence-corrected chi connectivity index (χ1v) is 7.24. The molecule has 6 heteroatoms. The number of nitriles is 1. The molecule has 0 aliphatic carbocycles. The van der Waals surface area contributed by atoms with Gasteiger partial charge in [-0.25, -0.2) is 0 Å². The summed E-state index contributed by atoms with van der Waals surface area (Å²) in [5.74, 6) is 0. The molecule has 0 N–H and O–H groups in total. The summed E-state index contributed by atoms with van der Waals surface area (Å²) in [6, 6.07) is 5.78. The van der Waals surface area contributed by atoms with E-state index < -0.39 is 11.7 Å². The van der Waals surface area contributed by atoms with Gasteiger partial charge in [-0.3, -0.25) is 4.90 Å². The van der Waals surface area contributed by atoms with Gasteiger partial charge in [0.1, 0.15) is 0 Å². The van der Waals surface area contributed by atoms with Crippen LogP contribution in [-0.4, -0.2) is 37.1 Å². The lowest BCUT2D eigenvalue weighted by Gasteiger charge is -2.26. The molecule has 2 aliphatic heterocycles. The fourth-order valence-corrected chi connectivity index (χ4v) is 3.15. The number of rotatable bonds is 2. The van der Waals surface area contributed by atoms with E-state index in [-0.39, 0.29) is 17.3 Å². The SMILES string of the molecule is N#Cc1ccc(C(F)(F)F)c(N2CCC(N3CC=CC3)C2)c1. The first-order chi connectivity index (χ1) is 10.5. The minimum absolute atomic E-state index is 0.126. The predicted molar refractivity (Wildman–Crippen MR) is 77.5 cm³/mol. The Kier molecular flexibility index (Phi) is 3.83. The summed E-state index contributed by atoms with van der Waals surface area (Å²) in [6.45, 7) is 2.88. The molecule has 1 atom stereocenters. The van der Waals surface area contributed by atoms with E-state index in [9.17, 15) is 13.2 Å². The van der Waals surface area contributed by atoms with Crippen molar-refractivity contribution in [2.75, 3.05) is 31.1 Å². The van der Waals surface area contributed by atoms with Crippen LogP contribution in [0.3, 0.4) is 0 Å². The first kappa shape index (κ1) is 14.9. The van der Waals surface area contributed by atoms with E-state index in [0.29, 0.717) is 13.1 Å². The van der Waals surface area contributed by atoms with E-state index in [1.54, 1.807) is 4.90 Å². The summed E-state index contributed by atoms with van der Waals surface area (Å²) in [6.07, 6.45) is 0.604. The van der Waals surface area contributed by atoms with Gasteiger partial charge in [0.15, 0.2) is 0 Å². The Morgan fingerprint density at radius 3 is 2.55 bits per heavy atom. The molecule has 2 aliphatic rings. The molecule has 3 nitrogen and oxygen atoms in total. The number of benzene rings is 1. The lowest BCUT2D eigenvalue weighted by molar-refractivity contribution is -0.137. The van der Waals surface area contributed by atoms with Crippen molar-refractivity contribution in [3.05, 3.63) is 41.5 Å². The molecule has 22 heavy (non-hydrogen) atoms. The van der Waals surface area contributed by atoms with Gasteiger partial charge in [0.05, 0.1) is 22.9 Å². The third-order valence-electron chi connectivity index (χ3n) is 4.30. The second-order valence-corrected chi connectivity index (χ2v) is 5.66. The highest BCUT2D eigenvalue weighted by atomic mass is 19.4. The number of alkyl halides is 3. The molecule has 1 saturated heterocycles. The van der Waals surface area contributed by atoms with Gasteiger partial charge in [-0.1, -0.05) is 12.2 Å². The van der Waals surface area contributed by atoms with Crippen LogP contribution >= 0.6 is 0 Å². The number of anilines is 1. The van der Waals surface area contributed by atoms with Gasteiger partial charge < -0.3 is 4.90 Å². The molecule has 1 aromatic carbocycles. The molecule has 1 aromatic rings. The van der Waals surface area contributed by atoms with Gasteiger partial charge in [0.25, 0.3) is 0 Å². The predicted octanol–water partition coefficient (Wildman–Crippen LogP) is 3.03. The molecule has 0 aromatic heterocycles. The summed E-state index contributed by atoms with van der Waals surface area (Å²) >= 11 is 0. The van der Waals surface area contributed by atoms with Crippen LogP contribution < -0.4 is 4.90 Å². The zero-order chi connectivity index (χ0) is 15.7. The van der Waals surface area contributed by atoms with E-state index in [2.05, 4.69) is 17.1 Å². The average Bonchev–Trinajstić information content (AvgIpc) is 3.16. The summed E-state index contributed by atoms with van der Waals surface area (Å²) in [7, 11) is 0. The maximum Gasteiger partial charge on any atom is 0.418 e. The van der Waals surface area contributed by atoms with Crippen molar-refractivity contribution in [3.63, 3.8) is 0 Å². The van der Waals surface area contributed by atoms with Gasteiger partial charge >= 0.3 is 6.18 Å². The van der Waals surface area contributed by atoms with Crippen LogP contribution in [0.15, 0.2) is 30.4 Å². The summed E-state index contributed by atoms with van der Waals surface area (Å²) < 4.78 is 39.6. The number of hydrogen-bond donors (Lipinski definition) is 0. The van der Waals surface area contributed by atoms with Crippen molar-refractivity contribution in [1.29, 1.82) is 5.26 Å². The van der Waals surface area contributed by atoms with Gasteiger partial charge in [0, 0.05) is 32.2 Å². The van der Waals surface area contributed by atoms with Gasteiger partial charge in [0.2, 0.25) is 0 Å². The standard InChI is InChI=1S/C16H16F3N3/c17-16(18,19)14-4-3-12(10-20)9-15(14)22-8-5-13(11-22)21-6-1-2-7-21/h1-4,9,13H,5-8,11H2. The Morgan fingerprint density at radius 2 is 1.91 bits per heavy atom. The molecular weight excluding hydrogens is 291 g/mol. The summed E-state index contributed by atoms with van der Waals surface area (Å²) in [5, 5.41) is 8.96. The molecule has 0 amide bonds. The van der Waals surface area contributed by atoms with Crippen LogP contribution in [0.1, 0.15) is 17.5 Å². The van der Waals surface area contributed by atoms with Crippen LogP contribution in [0, 0.1) is 11.3 Å². The quantitative estimate of drug-likeness (QED) is 0.787. The molecule has 0 spiro atoms. The topological polar surface area (TPSA) is 30.3 Å². The minimum atomic E-state index is -4.41. The van der Waals surface area contributed by atoms with E-state index >= 15 is 0 Å². The molecule has 3 rings (SSSR count). The van der Waals surface area contributed by atoms with Crippen molar-refractivity contribution in [2.45, 2.75) is 18.6 Å². The summed E-state index contributed by atoms with van der Waals surface area (Å²) in [5.41, 5.74) is -0.276. The second kappa shape index (κ2) is 5.65. The lowest BCUT2D eigenvalue weighted by Crippen LogP contribution is -2.36. The zero-order valence-electron chi connectivity index (χ0n) is 12.0. The van der Waals surface area contributed by atoms with E-state index in [4.69, 9.17) is 5.26 Å². The van der Waals surface area contributed by atoms with Crippen molar-refractivity contribution in [3.8, 4) is 6.07 Å². The maximum atomic E-state index is 13.2. The third kappa shape index (κ3) is 2.81. The minimum Gasteiger partial charge on any atom is -0.369 e.